The van der Waals surface area contributed by atoms with Crippen molar-refractivity contribution >= 4 is 15.9 Å². The third kappa shape index (κ3) is 3.46. The summed E-state index contributed by atoms with van der Waals surface area (Å²) >= 11 is 3.84. The molecule has 110 valence electrons. The summed E-state index contributed by atoms with van der Waals surface area (Å²) in [5.41, 5.74) is 2.91. The van der Waals surface area contributed by atoms with Crippen molar-refractivity contribution in [3.63, 3.8) is 0 Å². The number of hydrogen-bond acceptors (Lipinski definition) is 1. The van der Waals surface area contributed by atoms with Crippen LogP contribution < -0.4 is 0 Å². The first-order valence-corrected chi connectivity index (χ1v) is 9.12. The van der Waals surface area contributed by atoms with Crippen LogP contribution in [0.25, 0.3) is 0 Å². The molecule has 20 heavy (non-hydrogen) atoms. The van der Waals surface area contributed by atoms with E-state index >= 15 is 0 Å². The van der Waals surface area contributed by atoms with Gasteiger partial charge in [-0.25, -0.2) is 0 Å². The zero-order valence-corrected chi connectivity index (χ0v) is 13.8. The highest BCUT2D eigenvalue weighted by Crippen LogP contribution is 2.36. The van der Waals surface area contributed by atoms with Crippen LogP contribution in [-0.4, -0.2) is 12.7 Å². The van der Waals surface area contributed by atoms with E-state index in [4.69, 9.17) is 4.74 Å². The monoisotopic (exact) mass is 336 g/mol. The molecule has 1 saturated carbocycles. The predicted molar refractivity (Wildman–Crippen MR) is 87.5 cm³/mol. The number of benzene rings is 1. The molecule has 1 nitrogen and oxygen atoms in total. The number of ether oxygens (including phenoxy) is 1. The molecule has 1 aliphatic heterocycles. The van der Waals surface area contributed by atoms with E-state index in [-0.39, 0.29) is 0 Å². The lowest BCUT2D eigenvalue weighted by Gasteiger charge is -2.27. The molecule has 1 aromatic carbocycles. The molecule has 1 aromatic rings. The molecule has 0 amide bonds. The summed E-state index contributed by atoms with van der Waals surface area (Å²) in [6.45, 7) is 0.924. The molecular weight excluding hydrogens is 312 g/mol. The molecule has 0 spiro atoms. The molecular formula is C18H25BrO. The molecule has 1 saturated heterocycles. The zero-order valence-electron chi connectivity index (χ0n) is 12.2. The lowest BCUT2D eigenvalue weighted by Crippen LogP contribution is -2.23. The van der Waals surface area contributed by atoms with Gasteiger partial charge in [0, 0.05) is 6.61 Å². The highest BCUT2D eigenvalue weighted by Gasteiger charge is 2.24. The van der Waals surface area contributed by atoms with Gasteiger partial charge in [0.2, 0.25) is 0 Å². The number of hydrogen-bond donors (Lipinski definition) is 0. The minimum absolute atomic E-state index is 0.350. The molecule has 0 N–H and O–H groups in total. The summed E-state index contributed by atoms with van der Waals surface area (Å²) in [5.74, 6) is 0.803. The van der Waals surface area contributed by atoms with Crippen LogP contribution in [0.3, 0.4) is 0 Å². The number of alkyl halides is 1. The Balaban J connectivity index is 1.65. The molecule has 0 bridgehead atoms. The largest absolute Gasteiger partial charge is 0.377 e. The zero-order chi connectivity index (χ0) is 13.8. The van der Waals surface area contributed by atoms with Gasteiger partial charge in [-0.15, -0.1) is 0 Å². The quantitative estimate of drug-likeness (QED) is 0.639. The summed E-state index contributed by atoms with van der Waals surface area (Å²) in [6.07, 6.45) is 11.0. The Morgan fingerprint density at radius 3 is 2.25 bits per heavy atom. The Hall–Kier alpha value is -0.340. The van der Waals surface area contributed by atoms with Crippen LogP contribution in [0.1, 0.15) is 73.2 Å². The summed E-state index contributed by atoms with van der Waals surface area (Å²) in [5, 5.41) is 0. The summed E-state index contributed by atoms with van der Waals surface area (Å²) in [6, 6.07) is 9.31. The normalized spacial score (nSPS) is 26.4. The minimum atomic E-state index is 0.350. The number of halogens is 1. The SMILES string of the molecule is BrC(c1ccc(C2CCCCC2)cc1)C1CCCCO1. The van der Waals surface area contributed by atoms with Crippen molar-refractivity contribution in [2.24, 2.45) is 0 Å². The van der Waals surface area contributed by atoms with Crippen molar-refractivity contribution in [2.45, 2.75) is 68.2 Å². The van der Waals surface area contributed by atoms with E-state index in [2.05, 4.69) is 40.2 Å². The molecule has 1 heterocycles. The van der Waals surface area contributed by atoms with Crippen LogP contribution in [0.15, 0.2) is 24.3 Å². The van der Waals surface area contributed by atoms with E-state index in [1.54, 1.807) is 0 Å². The highest BCUT2D eigenvalue weighted by molar-refractivity contribution is 9.09. The Morgan fingerprint density at radius 1 is 0.900 bits per heavy atom. The van der Waals surface area contributed by atoms with Crippen LogP contribution in [0.4, 0.5) is 0 Å². The van der Waals surface area contributed by atoms with Crippen LogP contribution in [-0.2, 0) is 4.74 Å². The van der Waals surface area contributed by atoms with Crippen molar-refractivity contribution < 1.29 is 4.74 Å². The van der Waals surface area contributed by atoms with Gasteiger partial charge in [-0.2, -0.15) is 0 Å². The Labute approximate surface area is 131 Å². The second kappa shape index (κ2) is 7.09. The van der Waals surface area contributed by atoms with Gasteiger partial charge < -0.3 is 4.74 Å². The maximum absolute atomic E-state index is 5.89. The average Bonchev–Trinajstić information content (AvgIpc) is 2.56. The van der Waals surface area contributed by atoms with Gasteiger partial charge in [0.15, 0.2) is 0 Å². The van der Waals surface area contributed by atoms with Crippen LogP contribution in [0.5, 0.6) is 0 Å². The second-order valence-corrected chi connectivity index (χ2v) is 7.29. The molecule has 2 aliphatic rings. The molecule has 0 radical (unpaired) electrons. The lowest BCUT2D eigenvalue weighted by molar-refractivity contribution is 0.0160. The van der Waals surface area contributed by atoms with Crippen LogP contribution in [0.2, 0.25) is 0 Å². The van der Waals surface area contributed by atoms with Gasteiger partial charge >= 0.3 is 0 Å². The standard InChI is InChI=1S/C18H25BrO/c19-18(17-8-4-5-13-20-17)16-11-9-15(10-12-16)14-6-2-1-3-7-14/h9-12,14,17-18H,1-8,13H2. The van der Waals surface area contributed by atoms with Crippen molar-refractivity contribution in [3.8, 4) is 0 Å². The van der Waals surface area contributed by atoms with E-state index in [1.807, 2.05) is 0 Å². The van der Waals surface area contributed by atoms with Crippen molar-refractivity contribution in [1.82, 2.24) is 0 Å². The smallest absolute Gasteiger partial charge is 0.0740 e. The van der Waals surface area contributed by atoms with Crippen LogP contribution >= 0.6 is 15.9 Å². The number of rotatable bonds is 3. The van der Waals surface area contributed by atoms with Crippen molar-refractivity contribution in [2.75, 3.05) is 6.61 Å². The fraction of sp³-hybridized carbons (Fsp3) is 0.667. The van der Waals surface area contributed by atoms with Crippen LogP contribution in [0, 0.1) is 0 Å². The van der Waals surface area contributed by atoms with E-state index in [1.165, 1.54) is 62.5 Å². The van der Waals surface area contributed by atoms with E-state index < -0.39 is 0 Å². The first-order valence-electron chi connectivity index (χ1n) is 8.20. The fourth-order valence-corrected chi connectivity index (χ4v) is 4.32. The Morgan fingerprint density at radius 2 is 1.60 bits per heavy atom. The topological polar surface area (TPSA) is 9.23 Å². The first-order chi connectivity index (χ1) is 9.84. The molecule has 0 aromatic heterocycles. The molecule has 1 aliphatic carbocycles. The minimum Gasteiger partial charge on any atom is -0.377 e. The molecule has 3 rings (SSSR count). The van der Waals surface area contributed by atoms with Crippen molar-refractivity contribution in [1.29, 1.82) is 0 Å². The van der Waals surface area contributed by atoms with Gasteiger partial charge in [0.25, 0.3) is 0 Å². The maximum Gasteiger partial charge on any atom is 0.0740 e. The Bertz CT molecular complexity index is 402. The molecule has 2 heteroatoms. The fourth-order valence-electron chi connectivity index (χ4n) is 3.60. The molecule has 2 fully saturated rings. The lowest BCUT2D eigenvalue weighted by atomic mass is 9.84. The highest BCUT2D eigenvalue weighted by atomic mass is 79.9. The summed E-state index contributed by atoms with van der Waals surface area (Å²) < 4.78 is 5.89. The van der Waals surface area contributed by atoms with E-state index in [0.29, 0.717) is 10.9 Å². The predicted octanol–water partition coefficient (Wildman–Crippen LogP) is 5.74. The second-order valence-electron chi connectivity index (χ2n) is 6.31. The van der Waals surface area contributed by atoms with Gasteiger partial charge in [0.05, 0.1) is 10.9 Å². The molecule has 2 atom stereocenters. The molecule has 2 unspecified atom stereocenters. The summed E-state index contributed by atoms with van der Waals surface area (Å²) in [7, 11) is 0. The Kier molecular flexibility index (Phi) is 5.17. The third-order valence-corrected chi connectivity index (χ3v) is 5.99. The first kappa shape index (κ1) is 14.6. The average molecular weight is 337 g/mol. The van der Waals surface area contributed by atoms with Gasteiger partial charge in [0.1, 0.15) is 0 Å². The van der Waals surface area contributed by atoms with Crippen molar-refractivity contribution in [3.05, 3.63) is 35.4 Å². The van der Waals surface area contributed by atoms with Gasteiger partial charge in [-0.3, -0.25) is 0 Å². The summed E-state index contributed by atoms with van der Waals surface area (Å²) in [4.78, 5) is 0.350. The van der Waals surface area contributed by atoms with Gasteiger partial charge in [-0.1, -0.05) is 59.5 Å². The van der Waals surface area contributed by atoms with Gasteiger partial charge in [-0.05, 0) is 49.1 Å². The third-order valence-electron chi connectivity index (χ3n) is 4.87. The van der Waals surface area contributed by atoms with E-state index in [9.17, 15) is 0 Å². The van der Waals surface area contributed by atoms with E-state index in [0.717, 1.165) is 12.5 Å². The maximum atomic E-state index is 5.89.